The van der Waals surface area contributed by atoms with Crippen LogP contribution in [0.25, 0.3) is 5.69 Å². The summed E-state index contributed by atoms with van der Waals surface area (Å²) in [6, 6.07) is 13.0. The van der Waals surface area contributed by atoms with E-state index in [1.807, 2.05) is 45.0 Å². The number of aryl methyl sites for hydroxylation is 3. The molecule has 0 spiro atoms. The number of nitrogens with zero attached hydrogens (tertiary/aromatic N) is 3. The zero-order valence-corrected chi connectivity index (χ0v) is 20.8. The third-order valence-corrected chi connectivity index (χ3v) is 6.09. The van der Waals surface area contributed by atoms with Crippen LogP contribution < -0.4 is 5.32 Å². The number of nitrogens with one attached hydrogen (secondary N) is 1. The molecule has 0 radical (unpaired) electrons. The van der Waals surface area contributed by atoms with E-state index in [-0.39, 0.29) is 31.2 Å². The van der Waals surface area contributed by atoms with Crippen molar-refractivity contribution in [3.63, 3.8) is 0 Å². The van der Waals surface area contributed by atoms with E-state index in [4.69, 9.17) is 4.74 Å². The zero-order chi connectivity index (χ0) is 26.0. The van der Waals surface area contributed by atoms with Crippen LogP contribution in [0, 0.1) is 27.7 Å². The van der Waals surface area contributed by atoms with Crippen molar-refractivity contribution in [3.8, 4) is 5.69 Å². The molecule has 2 heterocycles. The Bertz CT molecular complexity index is 1360. The van der Waals surface area contributed by atoms with Crippen LogP contribution in [0.5, 0.6) is 0 Å². The molecular weight excluding hydrogens is 460 g/mol. The minimum absolute atomic E-state index is 0.0247. The number of anilines is 1. The van der Waals surface area contributed by atoms with Gasteiger partial charge in [0, 0.05) is 13.0 Å². The number of amides is 3. The second-order valence-corrected chi connectivity index (χ2v) is 8.92. The number of hydrogen-bond acceptors (Lipinski definition) is 6. The maximum atomic E-state index is 12.5. The Kier molecular flexibility index (Phi) is 7.00. The maximum absolute atomic E-state index is 12.5. The van der Waals surface area contributed by atoms with Gasteiger partial charge in [-0.1, -0.05) is 29.3 Å². The van der Waals surface area contributed by atoms with Gasteiger partial charge in [-0.3, -0.25) is 24.1 Å². The lowest BCUT2D eigenvalue weighted by Gasteiger charge is -2.13. The van der Waals surface area contributed by atoms with Crippen molar-refractivity contribution >= 4 is 29.4 Å². The van der Waals surface area contributed by atoms with Crippen LogP contribution in [-0.4, -0.2) is 51.5 Å². The molecule has 186 valence electrons. The molecule has 0 atom stereocenters. The largest absolute Gasteiger partial charge is 0.456 e. The van der Waals surface area contributed by atoms with E-state index in [1.54, 1.807) is 29.8 Å². The Morgan fingerprint density at radius 3 is 2.31 bits per heavy atom. The predicted octanol–water partition coefficient (Wildman–Crippen LogP) is 3.66. The minimum Gasteiger partial charge on any atom is -0.456 e. The lowest BCUT2D eigenvalue weighted by atomic mass is 10.1. The van der Waals surface area contributed by atoms with Crippen molar-refractivity contribution in [2.24, 2.45) is 0 Å². The Balaban J connectivity index is 1.25. The van der Waals surface area contributed by atoms with Crippen LogP contribution in [0.3, 0.4) is 0 Å². The van der Waals surface area contributed by atoms with E-state index in [9.17, 15) is 19.2 Å². The molecular formula is C27H28N4O5. The smallest absolute Gasteiger partial charge is 0.306 e. The molecule has 0 aliphatic carbocycles. The molecule has 0 saturated heterocycles. The second-order valence-electron chi connectivity index (χ2n) is 8.92. The zero-order valence-electron chi connectivity index (χ0n) is 20.8. The lowest BCUT2D eigenvalue weighted by Crippen LogP contribution is -2.31. The Hall–Kier alpha value is -4.27. The van der Waals surface area contributed by atoms with Crippen LogP contribution >= 0.6 is 0 Å². The highest BCUT2D eigenvalue weighted by Crippen LogP contribution is 2.25. The molecule has 9 nitrogen and oxygen atoms in total. The van der Waals surface area contributed by atoms with Crippen molar-refractivity contribution in [1.82, 2.24) is 14.7 Å². The number of carbonyl (C=O) groups is 4. The summed E-state index contributed by atoms with van der Waals surface area (Å²) in [5.74, 6) is -1.78. The maximum Gasteiger partial charge on any atom is 0.306 e. The van der Waals surface area contributed by atoms with Crippen molar-refractivity contribution in [1.29, 1.82) is 0 Å². The number of fused-ring (bicyclic) bond motifs is 1. The molecule has 2 aromatic carbocycles. The molecule has 3 aromatic rings. The standard InChI is InChI=1S/C27H28N4O5/c1-16-7-10-20(11-8-16)31-19(4)25(18(3)29-31)28-23(32)15-36-24(33)6-5-13-30-26(34)21-12-9-17(2)14-22(21)27(30)35/h7-12,14H,5-6,13,15H2,1-4H3,(H,28,32). The fourth-order valence-electron chi connectivity index (χ4n) is 4.14. The Labute approximate surface area is 209 Å². The van der Waals surface area contributed by atoms with Gasteiger partial charge in [0.2, 0.25) is 0 Å². The molecule has 0 bridgehead atoms. The summed E-state index contributed by atoms with van der Waals surface area (Å²) in [5.41, 5.74) is 5.63. The second kappa shape index (κ2) is 10.2. The molecule has 0 saturated carbocycles. The molecule has 4 rings (SSSR count). The van der Waals surface area contributed by atoms with Crippen molar-refractivity contribution < 1.29 is 23.9 Å². The Morgan fingerprint density at radius 2 is 1.58 bits per heavy atom. The summed E-state index contributed by atoms with van der Waals surface area (Å²) in [6.45, 7) is 7.15. The number of hydrogen-bond donors (Lipinski definition) is 1. The predicted molar refractivity (Wildman–Crippen MR) is 133 cm³/mol. The molecule has 0 unspecified atom stereocenters. The van der Waals surface area contributed by atoms with Crippen LogP contribution in [0.1, 0.15) is 56.1 Å². The topological polar surface area (TPSA) is 111 Å². The summed E-state index contributed by atoms with van der Waals surface area (Å²) < 4.78 is 6.84. The molecule has 3 amide bonds. The molecule has 1 aliphatic heterocycles. The number of benzene rings is 2. The van der Waals surface area contributed by atoms with Gasteiger partial charge in [-0.2, -0.15) is 5.10 Å². The molecule has 0 fully saturated rings. The highest BCUT2D eigenvalue weighted by atomic mass is 16.5. The van der Waals surface area contributed by atoms with Crippen molar-refractivity contribution in [2.75, 3.05) is 18.5 Å². The third-order valence-electron chi connectivity index (χ3n) is 6.09. The van der Waals surface area contributed by atoms with E-state index in [1.165, 1.54) is 0 Å². The van der Waals surface area contributed by atoms with Gasteiger partial charge >= 0.3 is 5.97 Å². The van der Waals surface area contributed by atoms with Gasteiger partial charge < -0.3 is 10.1 Å². The monoisotopic (exact) mass is 488 g/mol. The number of carbonyl (C=O) groups excluding carboxylic acids is 4. The molecule has 9 heteroatoms. The first-order chi connectivity index (χ1) is 17.2. The fraction of sp³-hybridized carbons (Fsp3) is 0.296. The molecule has 1 aliphatic rings. The summed E-state index contributed by atoms with van der Waals surface area (Å²) >= 11 is 0. The van der Waals surface area contributed by atoms with Gasteiger partial charge in [-0.05, 0) is 58.4 Å². The van der Waals surface area contributed by atoms with Crippen LogP contribution in [0.4, 0.5) is 5.69 Å². The SMILES string of the molecule is Cc1ccc(-n2nc(C)c(NC(=O)COC(=O)CCCN3C(=O)c4ccc(C)cc4C3=O)c2C)cc1. The van der Waals surface area contributed by atoms with Crippen molar-refractivity contribution in [2.45, 2.75) is 40.5 Å². The Morgan fingerprint density at radius 1 is 0.917 bits per heavy atom. The quantitative estimate of drug-likeness (QED) is 0.383. The number of esters is 1. The van der Waals surface area contributed by atoms with Gasteiger partial charge in [-0.25, -0.2) is 4.68 Å². The van der Waals surface area contributed by atoms with Crippen LogP contribution in [-0.2, 0) is 14.3 Å². The number of imide groups is 1. The van der Waals surface area contributed by atoms with E-state index < -0.39 is 18.5 Å². The third kappa shape index (κ3) is 5.05. The van der Waals surface area contributed by atoms with E-state index in [0.29, 0.717) is 22.5 Å². The van der Waals surface area contributed by atoms with E-state index >= 15 is 0 Å². The normalized spacial score (nSPS) is 12.6. The minimum atomic E-state index is -0.582. The summed E-state index contributed by atoms with van der Waals surface area (Å²) in [7, 11) is 0. The first-order valence-corrected chi connectivity index (χ1v) is 11.7. The molecule has 1 N–H and O–H groups in total. The highest BCUT2D eigenvalue weighted by molar-refractivity contribution is 6.21. The van der Waals surface area contributed by atoms with Gasteiger partial charge in [0.1, 0.15) is 0 Å². The fourth-order valence-corrected chi connectivity index (χ4v) is 4.14. The van der Waals surface area contributed by atoms with Gasteiger partial charge in [0.15, 0.2) is 6.61 Å². The number of ether oxygens (including phenoxy) is 1. The summed E-state index contributed by atoms with van der Waals surface area (Å²) in [4.78, 5) is 50.7. The van der Waals surface area contributed by atoms with Crippen molar-refractivity contribution in [3.05, 3.63) is 76.1 Å². The number of aromatic nitrogens is 2. The van der Waals surface area contributed by atoms with Gasteiger partial charge in [0.05, 0.1) is 33.9 Å². The first-order valence-electron chi connectivity index (χ1n) is 11.7. The summed E-state index contributed by atoms with van der Waals surface area (Å²) in [6.07, 6.45) is 0.218. The number of rotatable bonds is 8. The van der Waals surface area contributed by atoms with E-state index in [2.05, 4.69) is 10.4 Å². The average molecular weight is 489 g/mol. The first kappa shape index (κ1) is 24.8. The lowest BCUT2D eigenvalue weighted by molar-refractivity contribution is -0.147. The van der Waals surface area contributed by atoms with Crippen LogP contribution in [0.15, 0.2) is 42.5 Å². The highest BCUT2D eigenvalue weighted by Gasteiger charge is 2.35. The molecule has 1 aromatic heterocycles. The molecule has 36 heavy (non-hydrogen) atoms. The van der Waals surface area contributed by atoms with Gasteiger partial charge in [-0.15, -0.1) is 0 Å². The van der Waals surface area contributed by atoms with Gasteiger partial charge in [0.25, 0.3) is 17.7 Å². The van der Waals surface area contributed by atoms with E-state index in [0.717, 1.165) is 27.4 Å². The summed E-state index contributed by atoms with van der Waals surface area (Å²) in [5, 5.41) is 7.27. The average Bonchev–Trinajstić information content (AvgIpc) is 3.25. The van der Waals surface area contributed by atoms with Crippen LogP contribution in [0.2, 0.25) is 0 Å².